The maximum absolute atomic E-state index is 14.3. The Morgan fingerprint density at radius 3 is 2.41 bits per heavy atom. The van der Waals surface area contributed by atoms with Crippen molar-refractivity contribution in [2.75, 3.05) is 50.8 Å². The van der Waals surface area contributed by atoms with Gasteiger partial charge in [-0.05, 0) is 43.2 Å². The minimum atomic E-state index is -1.73. The van der Waals surface area contributed by atoms with Crippen molar-refractivity contribution in [2.45, 2.75) is 25.3 Å². The van der Waals surface area contributed by atoms with Gasteiger partial charge in [-0.3, -0.25) is 19.3 Å². The monoisotopic (exact) mass is 523 g/mol. The van der Waals surface area contributed by atoms with Crippen molar-refractivity contribution >= 4 is 40.6 Å². The second-order valence-electron chi connectivity index (χ2n) is 9.51. The number of benzene rings is 2. The number of halogens is 1. The van der Waals surface area contributed by atoms with Crippen LogP contribution in [0.25, 0.3) is 5.76 Å². The number of aliphatic hydroxyl groups excluding tert-OH is 1. The van der Waals surface area contributed by atoms with Crippen molar-refractivity contribution in [1.82, 2.24) is 9.80 Å². The normalized spacial score (nSPS) is 23.4. The lowest BCUT2D eigenvalue weighted by Gasteiger charge is -2.35. The van der Waals surface area contributed by atoms with E-state index in [0.717, 1.165) is 13.1 Å². The SMILES string of the molecule is CCCN1C(=O)C2(/C(=C(/O)c3ccc(Cl)cc3)C(=O)C(=O)N2CCCN2CCOCC2)c2ccccc21. The molecule has 2 aromatic carbocycles. The first-order valence-corrected chi connectivity index (χ1v) is 13.1. The second-order valence-corrected chi connectivity index (χ2v) is 9.94. The van der Waals surface area contributed by atoms with Crippen molar-refractivity contribution in [2.24, 2.45) is 0 Å². The number of hydrogen-bond acceptors (Lipinski definition) is 6. The maximum atomic E-state index is 14.3. The summed E-state index contributed by atoms with van der Waals surface area (Å²) in [5.41, 5.74) is -0.420. The van der Waals surface area contributed by atoms with E-state index in [4.69, 9.17) is 16.3 Å². The Morgan fingerprint density at radius 2 is 1.70 bits per heavy atom. The molecule has 2 saturated heterocycles. The molecule has 37 heavy (non-hydrogen) atoms. The zero-order chi connectivity index (χ0) is 26.2. The molecular formula is C28H30ClN3O5. The first-order valence-electron chi connectivity index (χ1n) is 12.7. The Kier molecular flexibility index (Phi) is 7.07. The minimum Gasteiger partial charge on any atom is -0.507 e. The molecule has 1 spiro atoms. The van der Waals surface area contributed by atoms with E-state index in [-0.39, 0.29) is 17.9 Å². The zero-order valence-corrected chi connectivity index (χ0v) is 21.5. The first-order chi connectivity index (χ1) is 17.9. The fourth-order valence-electron chi connectivity index (χ4n) is 5.64. The molecule has 0 aliphatic carbocycles. The van der Waals surface area contributed by atoms with Crippen LogP contribution in [-0.4, -0.2) is 78.4 Å². The number of aliphatic hydroxyl groups is 1. The quantitative estimate of drug-likeness (QED) is 0.340. The topological polar surface area (TPSA) is 90.4 Å². The molecule has 1 N–H and O–H groups in total. The number of carbonyl (C=O) groups excluding carboxylic acids is 3. The average Bonchev–Trinajstić information content (AvgIpc) is 3.28. The van der Waals surface area contributed by atoms with Gasteiger partial charge >= 0.3 is 0 Å². The summed E-state index contributed by atoms with van der Waals surface area (Å²) in [7, 11) is 0. The number of para-hydroxylation sites is 1. The van der Waals surface area contributed by atoms with Gasteiger partial charge in [0.2, 0.25) is 0 Å². The van der Waals surface area contributed by atoms with Crippen LogP contribution in [0.15, 0.2) is 54.1 Å². The van der Waals surface area contributed by atoms with Crippen molar-refractivity contribution in [3.8, 4) is 0 Å². The number of carbonyl (C=O) groups is 3. The van der Waals surface area contributed by atoms with Gasteiger partial charge in [0.1, 0.15) is 5.76 Å². The predicted molar refractivity (Wildman–Crippen MR) is 140 cm³/mol. The number of morpholine rings is 1. The molecule has 3 aliphatic heterocycles. The standard InChI is InChI=1S/C28H30ClN3O5/c1-2-12-31-22-7-4-3-6-21(22)28(27(31)36)23(24(33)19-8-10-20(29)11-9-19)25(34)26(35)32(28)14-5-13-30-15-17-37-18-16-30/h3-4,6-11,33H,2,5,12-18H2,1H3/b24-23+. The third-order valence-corrected chi connectivity index (χ3v) is 7.59. The third-order valence-electron chi connectivity index (χ3n) is 7.33. The summed E-state index contributed by atoms with van der Waals surface area (Å²) in [6.45, 7) is 6.20. The number of Topliss-reactive ketones (excluding diaryl/α,β-unsaturated/α-hetero) is 1. The van der Waals surface area contributed by atoms with Crippen LogP contribution in [-0.2, 0) is 24.7 Å². The number of rotatable bonds is 7. The number of ketones is 1. The summed E-state index contributed by atoms with van der Waals surface area (Å²) in [6.07, 6.45) is 1.26. The molecule has 0 aromatic heterocycles. The summed E-state index contributed by atoms with van der Waals surface area (Å²) in [6, 6.07) is 13.6. The smallest absolute Gasteiger partial charge is 0.296 e. The van der Waals surface area contributed by atoms with Crippen molar-refractivity contribution in [1.29, 1.82) is 0 Å². The average molecular weight is 524 g/mol. The lowest BCUT2D eigenvalue weighted by Crippen LogP contribution is -2.52. The van der Waals surface area contributed by atoms with Crippen LogP contribution in [0.1, 0.15) is 30.9 Å². The Labute approximate surface area is 221 Å². The van der Waals surface area contributed by atoms with Gasteiger partial charge in [-0.25, -0.2) is 0 Å². The van der Waals surface area contributed by atoms with Gasteiger partial charge in [0.25, 0.3) is 17.6 Å². The summed E-state index contributed by atoms with van der Waals surface area (Å²) in [5.74, 6) is -2.41. The molecule has 2 fully saturated rings. The predicted octanol–water partition coefficient (Wildman–Crippen LogP) is 3.39. The number of hydrogen-bond donors (Lipinski definition) is 1. The van der Waals surface area contributed by atoms with E-state index in [1.165, 1.54) is 4.90 Å². The van der Waals surface area contributed by atoms with Gasteiger partial charge in [0.05, 0.1) is 24.5 Å². The molecule has 5 rings (SSSR count). The van der Waals surface area contributed by atoms with E-state index in [9.17, 15) is 19.5 Å². The van der Waals surface area contributed by atoms with Crippen LogP contribution in [0, 0.1) is 0 Å². The first kappa shape index (κ1) is 25.4. The van der Waals surface area contributed by atoms with Crippen molar-refractivity contribution in [3.63, 3.8) is 0 Å². The molecule has 9 heteroatoms. The number of likely N-dealkylation sites (tertiary alicyclic amines) is 1. The van der Waals surface area contributed by atoms with Gasteiger partial charge in [-0.1, -0.05) is 36.7 Å². The van der Waals surface area contributed by atoms with Crippen molar-refractivity contribution in [3.05, 3.63) is 70.3 Å². The van der Waals surface area contributed by atoms with E-state index >= 15 is 0 Å². The summed E-state index contributed by atoms with van der Waals surface area (Å²) in [5, 5.41) is 11.9. The highest BCUT2D eigenvalue weighted by Gasteiger charge is 2.66. The lowest BCUT2D eigenvalue weighted by atomic mass is 9.82. The Hall–Kier alpha value is -3.20. The third kappa shape index (κ3) is 4.13. The number of amides is 2. The minimum absolute atomic E-state index is 0.192. The van der Waals surface area contributed by atoms with Crippen LogP contribution >= 0.6 is 11.6 Å². The summed E-state index contributed by atoms with van der Waals surface area (Å²) >= 11 is 6.04. The number of fused-ring (bicyclic) bond motifs is 2. The van der Waals surface area contributed by atoms with Gasteiger partial charge < -0.3 is 19.6 Å². The fourth-order valence-corrected chi connectivity index (χ4v) is 5.77. The Morgan fingerprint density at radius 1 is 1.00 bits per heavy atom. The molecule has 0 bridgehead atoms. The number of ether oxygens (including phenoxy) is 1. The van der Waals surface area contributed by atoms with Gasteiger partial charge in [0, 0.05) is 48.9 Å². The van der Waals surface area contributed by atoms with Crippen LogP contribution in [0.3, 0.4) is 0 Å². The highest BCUT2D eigenvalue weighted by atomic mass is 35.5. The molecule has 3 aliphatic rings. The molecule has 0 saturated carbocycles. The molecule has 1 unspecified atom stereocenters. The number of nitrogens with zero attached hydrogens (tertiary/aromatic N) is 3. The van der Waals surface area contributed by atoms with Crippen LogP contribution < -0.4 is 4.90 Å². The summed E-state index contributed by atoms with van der Waals surface area (Å²) < 4.78 is 5.42. The van der Waals surface area contributed by atoms with E-state index < -0.39 is 23.1 Å². The molecule has 194 valence electrons. The molecule has 3 heterocycles. The van der Waals surface area contributed by atoms with E-state index in [1.807, 2.05) is 19.1 Å². The van der Waals surface area contributed by atoms with E-state index in [0.29, 0.717) is 61.0 Å². The molecule has 8 nitrogen and oxygen atoms in total. The largest absolute Gasteiger partial charge is 0.507 e. The van der Waals surface area contributed by atoms with Crippen molar-refractivity contribution < 1.29 is 24.2 Å². The van der Waals surface area contributed by atoms with Crippen LogP contribution in [0.2, 0.25) is 5.02 Å². The highest BCUT2D eigenvalue weighted by molar-refractivity contribution is 6.50. The molecule has 1 atom stereocenters. The van der Waals surface area contributed by atoms with Crippen LogP contribution in [0.5, 0.6) is 0 Å². The van der Waals surface area contributed by atoms with E-state index in [2.05, 4.69) is 4.90 Å². The molecular weight excluding hydrogens is 494 g/mol. The van der Waals surface area contributed by atoms with Crippen LogP contribution in [0.4, 0.5) is 5.69 Å². The second kappa shape index (κ2) is 10.3. The maximum Gasteiger partial charge on any atom is 0.296 e. The zero-order valence-electron chi connectivity index (χ0n) is 20.8. The fraction of sp³-hybridized carbons (Fsp3) is 0.393. The Bertz CT molecular complexity index is 1250. The van der Waals surface area contributed by atoms with Gasteiger partial charge in [0.15, 0.2) is 5.54 Å². The van der Waals surface area contributed by atoms with Gasteiger partial charge in [-0.2, -0.15) is 0 Å². The lowest BCUT2D eigenvalue weighted by molar-refractivity contribution is -0.143. The number of anilines is 1. The summed E-state index contributed by atoms with van der Waals surface area (Å²) in [4.78, 5) is 46.8. The highest BCUT2D eigenvalue weighted by Crippen LogP contribution is 2.53. The molecule has 2 amide bonds. The van der Waals surface area contributed by atoms with Gasteiger partial charge in [-0.15, -0.1) is 0 Å². The molecule has 2 aromatic rings. The Balaban J connectivity index is 1.64. The molecule has 0 radical (unpaired) electrons. The van der Waals surface area contributed by atoms with E-state index in [1.54, 1.807) is 41.3 Å².